The summed E-state index contributed by atoms with van der Waals surface area (Å²) in [5.41, 5.74) is 0.457. The summed E-state index contributed by atoms with van der Waals surface area (Å²) in [6.07, 6.45) is 0. The zero-order valence-corrected chi connectivity index (χ0v) is 10.5. The quantitative estimate of drug-likeness (QED) is 0.676. The molecule has 2 rings (SSSR count). The minimum absolute atomic E-state index is 0.0583. The summed E-state index contributed by atoms with van der Waals surface area (Å²) in [4.78, 5) is 11.9. The van der Waals surface area contributed by atoms with Crippen LogP contribution < -0.4 is 9.47 Å². The number of carbonyl (C=O) groups excluding carboxylic acids is 1. The minimum Gasteiger partial charge on any atom is -0.508 e. The van der Waals surface area contributed by atoms with Crippen molar-refractivity contribution in [2.75, 3.05) is 6.61 Å². The number of ether oxygens (including phenoxy) is 2. The summed E-state index contributed by atoms with van der Waals surface area (Å²) in [5, 5.41) is 9.39. The third kappa shape index (κ3) is 3.25. The fraction of sp³-hybridized carbons (Fsp3) is 0.133. The first-order chi connectivity index (χ1) is 9.20. The lowest BCUT2D eigenvalue weighted by atomic mass is 10.2. The highest BCUT2D eigenvalue weighted by molar-refractivity contribution is 5.91. The lowest BCUT2D eigenvalue weighted by molar-refractivity contribution is 0.0728. The van der Waals surface area contributed by atoms with Crippen LogP contribution in [-0.2, 0) is 0 Å². The molecule has 98 valence electrons. The van der Waals surface area contributed by atoms with E-state index in [1.807, 2.05) is 13.0 Å². The largest absolute Gasteiger partial charge is 0.508 e. The Kier molecular flexibility index (Phi) is 4.03. The van der Waals surface area contributed by atoms with Crippen molar-refractivity contribution in [1.29, 1.82) is 0 Å². The van der Waals surface area contributed by atoms with Crippen molar-refractivity contribution in [3.05, 3.63) is 54.1 Å². The van der Waals surface area contributed by atoms with E-state index in [1.165, 1.54) is 18.2 Å². The molecule has 0 radical (unpaired) electrons. The molecule has 0 saturated heterocycles. The van der Waals surface area contributed by atoms with Crippen molar-refractivity contribution in [1.82, 2.24) is 0 Å². The zero-order valence-electron chi connectivity index (χ0n) is 10.5. The number of benzene rings is 2. The van der Waals surface area contributed by atoms with Gasteiger partial charge in [0.15, 0.2) is 11.5 Å². The second kappa shape index (κ2) is 5.91. The molecule has 0 atom stereocenters. The van der Waals surface area contributed by atoms with E-state index in [4.69, 9.17) is 9.47 Å². The number of esters is 1. The zero-order chi connectivity index (χ0) is 13.7. The first-order valence-corrected chi connectivity index (χ1v) is 5.93. The molecule has 0 bridgehead atoms. The standard InChI is InChI=1S/C15H14O4/c1-2-18-14-10-12(16)8-9-13(14)19-15(17)11-6-4-3-5-7-11/h3-10,16H,2H2,1H3. The van der Waals surface area contributed by atoms with Gasteiger partial charge in [-0.25, -0.2) is 4.79 Å². The Balaban J connectivity index is 2.21. The molecule has 0 fully saturated rings. The lowest BCUT2D eigenvalue weighted by Gasteiger charge is -2.10. The molecule has 4 heteroatoms. The van der Waals surface area contributed by atoms with Crippen molar-refractivity contribution in [3.63, 3.8) is 0 Å². The van der Waals surface area contributed by atoms with E-state index in [9.17, 15) is 9.90 Å². The van der Waals surface area contributed by atoms with E-state index >= 15 is 0 Å². The van der Waals surface area contributed by atoms with Crippen molar-refractivity contribution < 1.29 is 19.4 Å². The topological polar surface area (TPSA) is 55.8 Å². The van der Waals surface area contributed by atoms with Gasteiger partial charge < -0.3 is 14.6 Å². The highest BCUT2D eigenvalue weighted by atomic mass is 16.6. The molecular formula is C15H14O4. The number of aromatic hydroxyl groups is 1. The van der Waals surface area contributed by atoms with E-state index in [2.05, 4.69) is 0 Å². The molecule has 0 aromatic heterocycles. The molecule has 2 aromatic rings. The van der Waals surface area contributed by atoms with Crippen LogP contribution >= 0.6 is 0 Å². The van der Waals surface area contributed by atoms with Crippen LogP contribution in [0.4, 0.5) is 0 Å². The smallest absolute Gasteiger partial charge is 0.343 e. The van der Waals surface area contributed by atoms with E-state index in [-0.39, 0.29) is 11.5 Å². The maximum Gasteiger partial charge on any atom is 0.343 e. The highest BCUT2D eigenvalue weighted by Gasteiger charge is 2.12. The third-order valence-corrected chi connectivity index (χ3v) is 2.44. The molecule has 0 unspecified atom stereocenters. The van der Waals surface area contributed by atoms with Gasteiger partial charge in [-0.1, -0.05) is 18.2 Å². The number of carbonyl (C=O) groups is 1. The van der Waals surface area contributed by atoms with Crippen molar-refractivity contribution in [3.8, 4) is 17.2 Å². The molecule has 0 aliphatic heterocycles. The van der Waals surface area contributed by atoms with Gasteiger partial charge in [0.05, 0.1) is 12.2 Å². The lowest BCUT2D eigenvalue weighted by Crippen LogP contribution is -2.09. The van der Waals surface area contributed by atoms with Crippen molar-refractivity contribution in [2.45, 2.75) is 6.92 Å². The summed E-state index contributed by atoms with van der Waals surface area (Å²) in [6.45, 7) is 2.23. The highest BCUT2D eigenvalue weighted by Crippen LogP contribution is 2.31. The average Bonchev–Trinajstić information content (AvgIpc) is 2.43. The third-order valence-electron chi connectivity index (χ3n) is 2.44. The van der Waals surface area contributed by atoms with E-state index < -0.39 is 5.97 Å². The fourth-order valence-corrected chi connectivity index (χ4v) is 1.58. The number of phenolic OH excluding ortho intramolecular Hbond substituents is 1. The van der Waals surface area contributed by atoms with Crippen LogP contribution in [0.2, 0.25) is 0 Å². The van der Waals surface area contributed by atoms with Crippen molar-refractivity contribution in [2.24, 2.45) is 0 Å². The molecule has 0 saturated carbocycles. The van der Waals surface area contributed by atoms with Gasteiger partial charge in [0.2, 0.25) is 0 Å². The molecule has 0 heterocycles. The number of hydrogen-bond donors (Lipinski definition) is 1. The van der Waals surface area contributed by atoms with Gasteiger partial charge in [0, 0.05) is 6.07 Å². The van der Waals surface area contributed by atoms with Crippen LogP contribution in [0.3, 0.4) is 0 Å². The van der Waals surface area contributed by atoms with Crippen LogP contribution in [0.5, 0.6) is 17.2 Å². The van der Waals surface area contributed by atoms with Crippen LogP contribution in [-0.4, -0.2) is 17.7 Å². The van der Waals surface area contributed by atoms with Gasteiger partial charge in [0.1, 0.15) is 5.75 Å². The van der Waals surface area contributed by atoms with Crippen LogP contribution in [0, 0.1) is 0 Å². The molecule has 1 N–H and O–H groups in total. The molecule has 4 nitrogen and oxygen atoms in total. The van der Waals surface area contributed by atoms with Gasteiger partial charge in [0.25, 0.3) is 0 Å². The summed E-state index contributed by atoms with van der Waals surface area (Å²) in [7, 11) is 0. The number of phenols is 1. The molecular weight excluding hydrogens is 244 g/mol. The SMILES string of the molecule is CCOc1cc(O)ccc1OC(=O)c1ccccc1. The molecule has 0 spiro atoms. The predicted molar refractivity (Wildman–Crippen MR) is 70.7 cm³/mol. The normalized spacial score (nSPS) is 9.95. The van der Waals surface area contributed by atoms with E-state index in [0.29, 0.717) is 17.9 Å². The molecule has 0 amide bonds. The van der Waals surface area contributed by atoms with Crippen LogP contribution in [0.25, 0.3) is 0 Å². The number of rotatable bonds is 4. The maximum atomic E-state index is 11.9. The van der Waals surface area contributed by atoms with Gasteiger partial charge in [-0.15, -0.1) is 0 Å². The predicted octanol–water partition coefficient (Wildman–Crippen LogP) is 3.01. The second-order valence-electron chi connectivity index (χ2n) is 3.82. The van der Waals surface area contributed by atoms with E-state index in [0.717, 1.165) is 0 Å². The van der Waals surface area contributed by atoms with Crippen LogP contribution in [0.15, 0.2) is 48.5 Å². The van der Waals surface area contributed by atoms with E-state index in [1.54, 1.807) is 24.3 Å². The monoisotopic (exact) mass is 258 g/mol. The average molecular weight is 258 g/mol. The minimum atomic E-state index is -0.466. The van der Waals surface area contributed by atoms with Gasteiger partial charge in [-0.2, -0.15) is 0 Å². The Bertz CT molecular complexity index is 564. The summed E-state index contributed by atoms with van der Waals surface area (Å²) in [6, 6.07) is 13.0. The number of hydrogen-bond acceptors (Lipinski definition) is 4. The molecule has 2 aromatic carbocycles. The maximum absolute atomic E-state index is 11.9. The van der Waals surface area contributed by atoms with Gasteiger partial charge in [-0.3, -0.25) is 0 Å². The fourth-order valence-electron chi connectivity index (χ4n) is 1.58. The summed E-state index contributed by atoms with van der Waals surface area (Å²) < 4.78 is 10.6. The molecule has 19 heavy (non-hydrogen) atoms. The summed E-state index contributed by atoms with van der Waals surface area (Å²) in [5.74, 6) is 0.218. The summed E-state index contributed by atoms with van der Waals surface area (Å²) >= 11 is 0. The molecule has 0 aliphatic rings. The Hall–Kier alpha value is -2.49. The Morgan fingerprint density at radius 3 is 2.53 bits per heavy atom. The van der Waals surface area contributed by atoms with Gasteiger partial charge in [-0.05, 0) is 31.2 Å². The first kappa shape index (κ1) is 13.0. The Morgan fingerprint density at radius 2 is 1.84 bits per heavy atom. The van der Waals surface area contributed by atoms with Gasteiger partial charge >= 0.3 is 5.97 Å². The van der Waals surface area contributed by atoms with Crippen LogP contribution in [0.1, 0.15) is 17.3 Å². The first-order valence-electron chi connectivity index (χ1n) is 5.93. The Labute approximate surface area is 111 Å². The Morgan fingerprint density at radius 1 is 1.11 bits per heavy atom. The second-order valence-corrected chi connectivity index (χ2v) is 3.82. The van der Waals surface area contributed by atoms with Crippen molar-refractivity contribution >= 4 is 5.97 Å². The molecule has 0 aliphatic carbocycles.